The number of rotatable bonds is 6. The lowest BCUT2D eigenvalue weighted by atomic mass is 9.58. The van der Waals surface area contributed by atoms with Crippen molar-refractivity contribution in [2.75, 3.05) is 0 Å². The molecule has 0 aliphatic heterocycles. The van der Waals surface area contributed by atoms with Crippen LogP contribution in [-0.4, -0.2) is 29.4 Å². The zero-order chi connectivity index (χ0) is 27.3. The van der Waals surface area contributed by atoms with Gasteiger partial charge in [-0.05, 0) is 72.9 Å². The molecule has 2 N–H and O–H groups in total. The Morgan fingerprint density at radius 2 is 1.68 bits per heavy atom. The number of carboxylic acids is 1. The van der Waals surface area contributed by atoms with Crippen molar-refractivity contribution in [3.05, 3.63) is 41.5 Å². The molecule has 0 spiro atoms. The molecule has 2 aliphatic carbocycles. The Morgan fingerprint density at radius 1 is 1.05 bits per heavy atom. The first-order valence-corrected chi connectivity index (χ1v) is 12.4. The van der Waals surface area contributed by atoms with Gasteiger partial charge in [0.25, 0.3) is 0 Å². The first-order valence-electron chi connectivity index (χ1n) is 12.4. The van der Waals surface area contributed by atoms with E-state index in [2.05, 4.69) is 5.32 Å². The van der Waals surface area contributed by atoms with Gasteiger partial charge >= 0.3 is 18.3 Å². The van der Waals surface area contributed by atoms with Crippen LogP contribution in [-0.2, 0) is 11.0 Å². The molecular weight excluding hydrogens is 500 g/mol. The van der Waals surface area contributed by atoms with Gasteiger partial charge in [-0.2, -0.15) is 26.3 Å². The molecule has 2 fully saturated rings. The number of ether oxygens (including phenoxy) is 1. The smallest absolute Gasteiger partial charge is 0.420 e. The fourth-order valence-corrected chi connectivity index (χ4v) is 5.69. The number of benzene rings is 2. The molecule has 0 aromatic heterocycles. The van der Waals surface area contributed by atoms with Crippen LogP contribution in [0.3, 0.4) is 0 Å². The molecule has 10 heteroatoms. The molecule has 4 rings (SSSR count). The minimum Gasteiger partial charge on any atom is -0.490 e. The summed E-state index contributed by atoms with van der Waals surface area (Å²) in [5.41, 5.74) is -0.831. The molecule has 0 bridgehead atoms. The van der Waals surface area contributed by atoms with Crippen LogP contribution in [0.5, 0.6) is 5.75 Å². The molecule has 2 aromatic rings. The second-order valence-corrected chi connectivity index (χ2v) is 10.9. The van der Waals surface area contributed by atoms with Crippen LogP contribution in [0.15, 0.2) is 30.3 Å². The third-order valence-corrected chi connectivity index (χ3v) is 8.24. The fourth-order valence-electron chi connectivity index (χ4n) is 5.69. The molecule has 3 atom stereocenters. The van der Waals surface area contributed by atoms with Crippen molar-refractivity contribution in [1.82, 2.24) is 5.32 Å². The highest BCUT2D eigenvalue weighted by Crippen LogP contribution is 2.48. The largest absolute Gasteiger partial charge is 0.490 e. The van der Waals surface area contributed by atoms with Gasteiger partial charge in [-0.3, -0.25) is 4.79 Å². The van der Waals surface area contributed by atoms with Gasteiger partial charge in [0, 0.05) is 12.1 Å². The normalized spacial score (nSPS) is 26.9. The predicted octanol–water partition coefficient (Wildman–Crippen LogP) is 7.51. The monoisotopic (exact) mass is 531 g/mol. The van der Waals surface area contributed by atoms with E-state index in [0.717, 1.165) is 0 Å². The third-order valence-electron chi connectivity index (χ3n) is 8.24. The Balaban J connectivity index is 1.58. The summed E-state index contributed by atoms with van der Waals surface area (Å²) < 4.78 is 87.4. The Hall–Kier alpha value is -2.49. The molecule has 0 heterocycles. The van der Waals surface area contributed by atoms with Crippen molar-refractivity contribution < 1.29 is 41.0 Å². The van der Waals surface area contributed by atoms with E-state index < -0.39 is 47.2 Å². The van der Waals surface area contributed by atoms with Crippen LogP contribution in [0.4, 0.5) is 26.3 Å². The van der Waals surface area contributed by atoms with Crippen molar-refractivity contribution in [2.45, 2.75) is 83.4 Å². The summed E-state index contributed by atoms with van der Waals surface area (Å²) in [4.78, 5) is 11.4. The van der Waals surface area contributed by atoms with E-state index in [1.54, 1.807) is 12.1 Å². The number of hydrogen-bond acceptors (Lipinski definition) is 3. The summed E-state index contributed by atoms with van der Waals surface area (Å²) in [7, 11) is 0. The van der Waals surface area contributed by atoms with Crippen LogP contribution in [0.25, 0.3) is 10.8 Å². The molecule has 0 unspecified atom stereocenters. The van der Waals surface area contributed by atoms with Crippen molar-refractivity contribution in [1.29, 1.82) is 0 Å². The highest BCUT2D eigenvalue weighted by atomic mass is 19.4. The summed E-state index contributed by atoms with van der Waals surface area (Å²) in [6, 6.07) is 7.11. The number of nitrogens with one attached hydrogen (secondary N) is 1. The first-order chi connectivity index (χ1) is 17.1. The zero-order valence-electron chi connectivity index (χ0n) is 20.8. The maximum atomic E-state index is 14.3. The third kappa shape index (κ3) is 5.54. The van der Waals surface area contributed by atoms with Gasteiger partial charge in [0.15, 0.2) is 0 Å². The fraction of sp³-hybridized carbons (Fsp3) is 0.593. The second kappa shape index (κ2) is 9.67. The van der Waals surface area contributed by atoms with Crippen LogP contribution in [0.2, 0.25) is 0 Å². The number of halogens is 6. The molecule has 4 nitrogen and oxygen atoms in total. The number of hydrogen-bond donors (Lipinski definition) is 2. The number of alkyl halides is 6. The van der Waals surface area contributed by atoms with E-state index in [-0.39, 0.29) is 48.9 Å². The van der Waals surface area contributed by atoms with Crippen LogP contribution in [0.1, 0.15) is 70.0 Å². The minimum atomic E-state index is -4.74. The quantitative estimate of drug-likeness (QED) is 0.379. The van der Waals surface area contributed by atoms with Crippen molar-refractivity contribution in [3.8, 4) is 5.75 Å². The summed E-state index contributed by atoms with van der Waals surface area (Å²) in [5.74, 6) is -3.18. The molecule has 2 saturated carbocycles. The van der Waals surface area contributed by atoms with Gasteiger partial charge in [0.2, 0.25) is 0 Å². The topological polar surface area (TPSA) is 58.6 Å². The Bertz CT molecular complexity index is 1150. The van der Waals surface area contributed by atoms with Gasteiger partial charge in [-0.25, -0.2) is 0 Å². The molecule has 2 aromatic carbocycles. The van der Waals surface area contributed by atoms with Crippen molar-refractivity contribution in [3.63, 3.8) is 0 Å². The van der Waals surface area contributed by atoms with E-state index >= 15 is 0 Å². The highest BCUT2D eigenvalue weighted by molar-refractivity contribution is 5.89. The number of aliphatic carboxylic acids is 1. The molecule has 0 saturated heterocycles. The zero-order valence-corrected chi connectivity index (χ0v) is 20.8. The number of fused-ring (bicyclic) bond motifs is 1. The van der Waals surface area contributed by atoms with Gasteiger partial charge in [-0.1, -0.05) is 32.0 Å². The lowest BCUT2D eigenvalue weighted by Gasteiger charge is -2.51. The Morgan fingerprint density at radius 3 is 2.22 bits per heavy atom. The maximum absolute atomic E-state index is 14.3. The highest BCUT2D eigenvalue weighted by Gasteiger charge is 2.52. The standard InChI is InChI=1S/C27H31F6NO3/c1-14(34-22-13-20(24(35)36)25(22,2)3)16-5-4-15-6-11-21(23(19(15)12-16)27(31,32)33)37-18-9-7-17(8-10-18)26(28,29)30/h4-6,11-12,14,17-18,20,22,34H,7-10,13H2,1-3H3,(H,35,36)/t14-,17?,18?,20+,22+/m0/s1. The SMILES string of the molecule is C[C@H](N[C@@H]1C[C@H](C(=O)O)C1(C)C)c1ccc2ccc(OC3CCC(C(F)(F)F)CC3)c(C(F)(F)F)c2c1. The average Bonchev–Trinajstić information content (AvgIpc) is 2.79. The van der Waals surface area contributed by atoms with Crippen LogP contribution in [0, 0.1) is 17.3 Å². The van der Waals surface area contributed by atoms with E-state index in [1.807, 2.05) is 20.8 Å². The van der Waals surface area contributed by atoms with Crippen molar-refractivity contribution >= 4 is 16.7 Å². The average molecular weight is 532 g/mol. The molecular formula is C27H31F6NO3. The van der Waals surface area contributed by atoms with Gasteiger partial charge in [-0.15, -0.1) is 0 Å². The van der Waals surface area contributed by atoms with Gasteiger partial charge in [0.1, 0.15) is 11.3 Å². The molecule has 37 heavy (non-hydrogen) atoms. The number of carboxylic acid groups (broad SMARTS) is 1. The van der Waals surface area contributed by atoms with Gasteiger partial charge < -0.3 is 15.2 Å². The summed E-state index contributed by atoms with van der Waals surface area (Å²) >= 11 is 0. The first kappa shape index (κ1) is 27.5. The van der Waals surface area contributed by atoms with E-state index in [9.17, 15) is 36.2 Å². The summed E-state index contributed by atoms with van der Waals surface area (Å²) in [5, 5.41) is 13.0. The summed E-state index contributed by atoms with van der Waals surface area (Å²) in [6.07, 6.45) is -9.60. The predicted molar refractivity (Wildman–Crippen MR) is 126 cm³/mol. The molecule has 2 aliphatic rings. The van der Waals surface area contributed by atoms with E-state index in [0.29, 0.717) is 17.4 Å². The van der Waals surface area contributed by atoms with Crippen molar-refractivity contribution in [2.24, 2.45) is 17.3 Å². The van der Waals surface area contributed by atoms with E-state index in [1.165, 1.54) is 18.2 Å². The Kier molecular flexibility index (Phi) is 7.20. The lowest BCUT2D eigenvalue weighted by Crippen LogP contribution is -2.59. The maximum Gasteiger partial charge on any atom is 0.420 e. The molecule has 0 radical (unpaired) electrons. The number of carbonyl (C=O) groups is 1. The lowest BCUT2D eigenvalue weighted by molar-refractivity contribution is -0.185. The van der Waals surface area contributed by atoms with Gasteiger partial charge in [0.05, 0.1) is 17.9 Å². The Labute approximate surface area is 211 Å². The van der Waals surface area contributed by atoms with Crippen LogP contribution < -0.4 is 10.1 Å². The molecule has 204 valence electrons. The molecule has 0 amide bonds. The minimum absolute atomic E-state index is 0.0367. The van der Waals surface area contributed by atoms with E-state index in [4.69, 9.17) is 4.74 Å². The summed E-state index contributed by atoms with van der Waals surface area (Å²) in [6.45, 7) is 5.53. The van der Waals surface area contributed by atoms with Crippen LogP contribution >= 0.6 is 0 Å². The second-order valence-electron chi connectivity index (χ2n) is 10.9.